The average molecular weight is 257 g/mol. The maximum absolute atomic E-state index is 11.8. The Balaban J connectivity index is 2.73. The van der Waals surface area contributed by atoms with E-state index < -0.39 is 17.9 Å². The summed E-state index contributed by atoms with van der Waals surface area (Å²) in [5, 5.41) is 13.5. The van der Waals surface area contributed by atoms with E-state index in [2.05, 4.69) is 20.8 Å². The summed E-state index contributed by atoms with van der Waals surface area (Å²) in [6.07, 6.45) is 0. The summed E-state index contributed by atoms with van der Waals surface area (Å²) in [7, 11) is 1.68. The second-order valence-electron chi connectivity index (χ2n) is 3.76. The quantitative estimate of drug-likeness (QED) is 0.677. The molecule has 1 unspecified atom stereocenters. The minimum atomic E-state index is -0.704. The van der Waals surface area contributed by atoms with Gasteiger partial charge in [0.25, 0.3) is 5.91 Å². The summed E-state index contributed by atoms with van der Waals surface area (Å²) in [5.74, 6) is -1.08. The van der Waals surface area contributed by atoms with Crippen molar-refractivity contribution in [1.29, 1.82) is 0 Å². The standard InChI is InChI=1S/C9H15N5O2S/c1-4(2)5(6(10)15)12-7(16)8-13-14-9(11-3)17-8/h4-5H,1-3H3,(H2,10,15)(H,11,14)(H,12,16). The number of carbonyl (C=O) groups excluding carboxylic acids is 2. The highest BCUT2D eigenvalue weighted by Gasteiger charge is 2.23. The number of nitrogens with zero attached hydrogens (tertiary/aromatic N) is 2. The third-order valence-corrected chi connectivity index (χ3v) is 3.03. The molecule has 1 aromatic heterocycles. The smallest absolute Gasteiger partial charge is 0.282 e. The first kappa shape index (κ1) is 13.4. The Kier molecular flexibility index (Phi) is 4.38. The Morgan fingerprint density at radius 1 is 1.35 bits per heavy atom. The molecule has 0 aliphatic heterocycles. The molecule has 94 valence electrons. The lowest BCUT2D eigenvalue weighted by atomic mass is 10.0. The molecule has 0 spiro atoms. The van der Waals surface area contributed by atoms with Gasteiger partial charge in [0, 0.05) is 7.05 Å². The van der Waals surface area contributed by atoms with Crippen LogP contribution in [0.15, 0.2) is 0 Å². The Hall–Kier alpha value is -1.70. The molecule has 17 heavy (non-hydrogen) atoms. The lowest BCUT2D eigenvalue weighted by Gasteiger charge is -2.17. The molecule has 0 aliphatic carbocycles. The lowest BCUT2D eigenvalue weighted by molar-refractivity contribution is -0.120. The molecule has 0 bridgehead atoms. The summed E-state index contributed by atoms with van der Waals surface area (Å²) in [4.78, 5) is 22.9. The first-order valence-corrected chi connectivity index (χ1v) is 5.88. The van der Waals surface area contributed by atoms with Crippen molar-refractivity contribution in [2.45, 2.75) is 19.9 Å². The van der Waals surface area contributed by atoms with Gasteiger partial charge in [0.2, 0.25) is 16.0 Å². The van der Waals surface area contributed by atoms with Gasteiger partial charge in [-0.05, 0) is 5.92 Å². The van der Waals surface area contributed by atoms with E-state index in [4.69, 9.17) is 5.73 Å². The minimum Gasteiger partial charge on any atom is -0.368 e. The Morgan fingerprint density at radius 2 is 2.00 bits per heavy atom. The van der Waals surface area contributed by atoms with E-state index in [0.29, 0.717) is 5.13 Å². The van der Waals surface area contributed by atoms with Crippen LogP contribution in [0.2, 0.25) is 0 Å². The van der Waals surface area contributed by atoms with Crippen molar-refractivity contribution >= 4 is 28.3 Å². The first-order chi connectivity index (χ1) is 7.95. The number of amides is 2. The van der Waals surface area contributed by atoms with Crippen LogP contribution < -0.4 is 16.4 Å². The number of nitrogens with two attached hydrogens (primary N) is 1. The Labute approximate surface area is 103 Å². The molecule has 2 amide bonds. The maximum Gasteiger partial charge on any atom is 0.282 e. The van der Waals surface area contributed by atoms with Gasteiger partial charge in [0.05, 0.1) is 0 Å². The second kappa shape index (κ2) is 5.58. The molecule has 1 rings (SSSR count). The molecular formula is C9H15N5O2S. The molecule has 0 fully saturated rings. The Bertz CT molecular complexity index is 417. The number of hydrogen-bond donors (Lipinski definition) is 3. The molecule has 1 atom stereocenters. The minimum absolute atomic E-state index is 0.0758. The summed E-state index contributed by atoms with van der Waals surface area (Å²) in [5.41, 5.74) is 5.20. The van der Waals surface area contributed by atoms with E-state index in [1.807, 2.05) is 0 Å². The van der Waals surface area contributed by atoms with Crippen molar-refractivity contribution < 1.29 is 9.59 Å². The van der Waals surface area contributed by atoms with Crippen molar-refractivity contribution in [3.05, 3.63) is 5.01 Å². The molecule has 0 saturated heterocycles. The molecule has 0 radical (unpaired) electrons. The summed E-state index contributed by atoms with van der Waals surface area (Å²) in [6, 6.07) is -0.704. The van der Waals surface area contributed by atoms with Gasteiger partial charge in [0.1, 0.15) is 6.04 Å². The summed E-state index contributed by atoms with van der Waals surface area (Å²) < 4.78 is 0. The van der Waals surface area contributed by atoms with Crippen LogP contribution in [0.25, 0.3) is 0 Å². The van der Waals surface area contributed by atoms with Crippen LogP contribution in [0, 0.1) is 5.92 Å². The van der Waals surface area contributed by atoms with Crippen LogP contribution in [-0.2, 0) is 4.79 Å². The fourth-order valence-corrected chi connectivity index (χ4v) is 1.79. The second-order valence-corrected chi connectivity index (χ2v) is 4.74. The molecule has 1 aromatic rings. The van der Waals surface area contributed by atoms with Gasteiger partial charge in [0.15, 0.2) is 0 Å². The zero-order valence-electron chi connectivity index (χ0n) is 9.85. The van der Waals surface area contributed by atoms with E-state index in [9.17, 15) is 9.59 Å². The third-order valence-electron chi connectivity index (χ3n) is 2.09. The van der Waals surface area contributed by atoms with Gasteiger partial charge in [-0.1, -0.05) is 25.2 Å². The molecule has 1 heterocycles. The van der Waals surface area contributed by atoms with Gasteiger partial charge >= 0.3 is 0 Å². The van der Waals surface area contributed by atoms with Crippen LogP contribution in [0.3, 0.4) is 0 Å². The SMILES string of the molecule is CNc1nnc(C(=O)NC(C(N)=O)C(C)C)s1. The molecule has 0 saturated carbocycles. The van der Waals surface area contributed by atoms with Crippen molar-refractivity contribution in [3.63, 3.8) is 0 Å². The first-order valence-electron chi connectivity index (χ1n) is 5.07. The molecule has 8 heteroatoms. The topological polar surface area (TPSA) is 110 Å². The van der Waals surface area contributed by atoms with Gasteiger partial charge in [-0.25, -0.2) is 0 Å². The number of rotatable bonds is 5. The van der Waals surface area contributed by atoms with E-state index in [1.165, 1.54) is 0 Å². The van der Waals surface area contributed by atoms with Crippen LogP contribution in [0.4, 0.5) is 5.13 Å². The number of carbonyl (C=O) groups is 2. The van der Waals surface area contributed by atoms with Gasteiger partial charge < -0.3 is 16.4 Å². The van der Waals surface area contributed by atoms with Gasteiger partial charge in [-0.15, -0.1) is 10.2 Å². The maximum atomic E-state index is 11.8. The van der Waals surface area contributed by atoms with Crippen LogP contribution in [-0.4, -0.2) is 35.1 Å². The van der Waals surface area contributed by atoms with Gasteiger partial charge in [-0.3, -0.25) is 9.59 Å². The van der Waals surface area contributed by atoms with Crippen LogP contribution in [0.5, 0.6) is 0 Å². The zero-order chi connectivity index (χ0) is 13.0. The summed E-state index contributed by atoms with van der Waals surface area (Å²) >= 11 is 1.11. The predicted octanol–water partition coefficient (Wildman–Crippen LogP) is -0.181. The highest BCUT2D eigenvalue weighted by Crippen LogP contribution is 2.14. The fourth-order valence-electron chi connectivity index (χ4n) is 1.19. The normalized spacial score (nSPS) is 12.2. The lowest BCUT2D eigenvalue weighted by Crippen LogP contribution is -2.47. The molecule has 4 N–H and O–H groups in total. The van der Waals surface area contributed by atoms with Crippen LogP contribution in [0.1, 0.15) is 23.6 Å². The van der Waals surface area contributed by atoms with E-state index in [1.54, 1.807) is 20.9 Å². The van der Waals surface area contributed by atoms with E-state index in [0.717, 1.165) is 11.3 Å². The number of hydrogen-bond acceptors (Lipinski definition) is 6. The fraction of sp³-hybridized carbons (Fsp3) is 0.556. The van der Waals surface area contributed by atoms with Crippen LogP contribution >= 0.6 is 11.3 Å². The number of primary amides is 1. The average Bonchev–Trinajstić information content (AvgIpc) is 2.73. The summed E-state index contributed by atoms with van der Waals surface area (Å²) in [6.45, 7) is 3.60. The molecular weight excluding hydrogens is 242 g/mol. The van der Waals surface area contributed by atoms with E-state index >= 15 is 0 Å². The number of aromatic nitrogens is 2. The highest BCUT2D eigenvalue weighted by molar-refractivity contribution is 7.17. The van der Waals surface area contributed by atoms with E-state index in [-0.39, 0.29) is 10.9 Å². The molecule has 7 nitrogen and oxygen atoms in total. The van der Waals surface area contributed by atoms with Crippen molar-refractivity contribution in [2.75, 3.05) is 12.4 Å². The largest absolute Gasteiger partial charge is 0.368 e. The zero-order valence-corrected chi connectivity index (χ0v) is 10.7. The van der Waals surface area contributed by atoms with Crippen molar-refractivity contribution in [3.8, 4) is 0 Å². The van der Waals surface area contributed by atoms with Crippen molar-refractivity contribution in [2.24, 2.45) is 11.7 Å². The number of nitrogens with one attached hydrogen (secondary N) is 2. The predicted molar refractivity (Wildman–Crippen MR) is 64.7 cm³/mol. The van der Waals surface area contributed by atoms with Crippen molar-refractivity contribution in [1.82, 2.24) is 15.5 Å². The monoisotopic (exact) mass is 257 g/mol. The molecule has 0 aliphatic rings. The molecule has 0 aromatic carbocycles. The highest BCUT2D eigenvalue weighted by atomic mass is 32.1. The third kappa shape index (κ3) is 3.38. The Morgan fingerprint density at radius 3 is 2.41 bits per heavy atom. The van der Waals surface area contributed by atoms with Gasteiger partial charge in [-0.2, -0.15) is 0 Å². The number of anilines is 1.